The standard InChI is InChI=1S/C21H24O5/c1-24-16-10-15-13-26-21(18(23)12-22)17(20(15)19(11-16)25-2)9-8-14-6-4-3-5-7-14/h3-11,17-18,21-23H,12-13H2,1-2H3. The molecule has 0 saturated heterocycles. The molecule has 2 aromatic carbocycles. The highest BCUT2D eigenvalue weighted by atomic mass is 16.5. The van der Waals surface area contributed by atoms with Crippen LogP contribution in [0.2, 0.25) is 0 Å². The largest absolute Gasteiger partial charge is 0.497 e. The van der Waals surface area contributed by atoms with E-state index in [2.05, 4.69) is 0 Å². The minimum absolute atomic E-state index is 0.262. The van der Waals surface area contributed by atoms with Gasteiger partial charge in [0, 0.05) is 17.5 Å². The predicted octanol–water partition coefficient (Wildman–Crippen LogP) is 2.75. The second kappa shape index (κ2) is 8.36. The van der Waals surface area contributed by atoms with E-state index in [0.29, 0.717) is 18.1 Å². The third-order valence-corrected chi connectivity index (χ3v) is 4.64. The summed E-state index contributed by atoms with van der Waals surface area (Å²) in [4.78, 5) is 0. The van der Waals surface area contributed by atoms with Gasteiger partial charge in [-0.05, 0) is 17.2 Å². The first kappa shape index (κ1) is 18.5. The summed E-state index contributed by atoms with van der Waals surface area (Å²) < 4.78 is 16.8. The maximum Gasteiger partial charge on any atom is 0.126 e. The van der Waals surface area contributed by atoms with Crippen LogP contribution in [0.5, 0.6) is 11.5 Å². The van der Waals surface area contributed by atoms with Crippen LogP contribution in [-0.2, 0) is 11.3 Å². The normalized spacial score (nSPS) is 20.6. The summed E-state index contributed by atoms with van der Waals surface area (Å²) in [6.07, 6.45) is 2.44. The van der Waals surface area contributed by atoms with Crippen molar-refractivity contribution in [3.63, 3.8) is 0 Å². The molecule has 5 nitrogen and oxygen atoms in total. The SMILES string of the molecule is COc1cc2c(c(OC)c1)C(C=Cc1ccccc1)C(C(O)CO)OC2. The predicted molar refractivity (Wildman–Crippen MR) is 99.4 cm³/mol. The van der Waals surface area contributed by atoms with Crippen LogP contribution in [0.4, 0.5) is 0 Å². The molecule has 5 heteroatoms. The molecule has 138 valence electrons. The number of fused-ring (bicyclic) bond motifs is 1. The van der Waals surface area contributed by atoms with Crippen LogP contribution >= 0.6 is 0 Å². The van der Waals surface area contributed by atoms with E-state index in [0.717, 1.165) is 16.7 Å². The Morgan fingerprint density at radius 1 is 1.19 bits per heavy atom. The van der Waals surface area contributed by atoms with Gasteiger partial charge >= 0.3 is 0 Å². The van der Waals surface area contributed by atoms with E-state index in [1.54, 1.807) is 14.2 Å². The molecule has 0 saturated carbocycles. The van der Waals surface area contributed by atoms with Crippen molar-refractivity contribution in [3.8, 4) is 11.5 Å². The number of aliphatic hydroxyl groups is 2. The van der Waals surface area contributed by atoms with Crippen molar-refractivity contribution in [2.24, 2.45) is 0 Å². The zero-order valence-electron chi connectivity index (χ0n) is 15.0. The highest BCUT2D eigenvalue weighted by molar-refractivity contribution is 5.56. The molecule has 0 fully saturated rings. The molecule has 26 heavy (non-hydrogen) atoms. The number of benzene rings is 2. The number of hydrogen-bond donors (Lipinski definition) is 2. The van der Waals surface area contributed by atoms with Gasteiger partial charge in [0.25, 0.3) is 0 Å². The van der Waals surface area contributed by atoms with Gasteiger partial charge in [0.2, 0.25) is 0 Å². The van der Waals surface area contributed by atoms with Gasteiger partial charge < -0.3 is 24.4 Å². The molecule has 0 radical (unpaired) electrons. The summed E-state index contributed by atoms with van der Waals surface area (Å²) in [6.45, 7) is -0.0472. The van der Waals surface area contributed by atoms with Crippen LogP contribution in [0.3, 0.4) is 0 Å². The quantitative estimate of drug-likeness (QED) is 0.833. The fraction of sp³-hybridized carbons (Fsp3) is 0.333. The van der Waals surface area contributed by atoms with Crippen molar-refractivity contribution in [3.05, 3.63) is 65.2 Å². The minimum Gasteiger partial charge on any atom is -0.497 e. The topological polar surface area (TPSA) is 68.2 Å². The van der Waals surface area contributed by atoms with E-state index in [-0.39, 0.29) is 12.5 Å². The number of methoxy groups -OCH3 is 2. The number of hydrogen-bond acceptors (Lipinski definition) is 5. The monoisotopic (exact) mass is 356 g/mol. The third kappa shape index (κ3) is 3.75. The minimum atomic E-state index is -0.986. The van der Waals surface area contributed by atoms with E-state index >= 15 is 0 Å². The molecule has 3 atom stereocenters. The Morgan fingerprint density at radius 3 is 2.62 bits per heavy atom. The average Bonchev–Trinajstić information content (AvgIpc) is 2.70. The van der Waals surface area contributed by atoms with Crippen LogP contribution in [0.25, 0.3) is 6.08 Å². The molecular formula is C21H24O5. The summed E-state index contributed by atoms with van der Waals surface area (Å²) in [5, 5.41) is 19.7. The van der Waals surface area contributed by atoms with Crippen molar-refractivity contribution in [1.29, 1.82) is 0 Å². The molecule has 0 spiro atoms. The first-order valence-electron chi connectivity index (χ1n) is 8.56. The van der Waals surface area contributed by atoms with Crippen molar-refractivity contribution in [1.82, 2.24) is 0 Å². The van der Waals surface area contributed by atoms with E-state index in [1.807, 2.05) is 54.6 Å². The van der Waals surface area contributed by atoms with Gasteiger partial charge in [0.15, 0.2) is 0 Å². The molecule has 3 unspecified atom stereocenters. The second-order valence-corrected chi connectivity index (χ2v) is 6.22. The van der Waals surface area contributed by atoms with Gasteiger partial charge in [-0.15, -0.1) is 0 Å². The maximum atomic E-state index is 10.3. The fourth-order valence-electron chi connectivity index (χ4n) is 3.33. The molecule has 1 aliphatic rings. The van der Waals surface area contributed by atoms with Gasteiger partial charge in [-0.2, -0.15) is 0 Å². The van der Waals surface area contributed by atoms with Gasteiger partial charge in [-0.1, -0.05) is 42.5 Å². The molecule has 3 rings (SSSR count). The van der Waals surface area contributed by atoms with Crippen molar-refractivity contribution in [2.75, 3.05) is 20.8 Å². The van der Waals surface area contributed by atoms with Crippen LogP contribution < -0.4 is 9.47 Å². The summed E-state index contributed by atoms with van der Waals surface area (Å²) in [5.41, 5.74) is 2.94. The molecule has 0 aromatic heterocycles. The van der Waals surface area contributed by atoms with Crippen LogP contribution in [0.1, 0.15) is 22.6 Å². The molecular weight excluding hydrogens is 332 g/mol. The number of aliphatic hydroxyl groups excluding tert-OH is 2. The van der Waals surface area contributed by atoms with Crippen molar-refractivity contribution < 1.29 is 24.4 Å². The summed E-state index contributed by atoms with van der Waals surface area (Å²) in [5.74, 6) is 1.11. The molecule has 2 aromatic rings. The first-order chi connectivity index (χ1) is 12.7. The van der Waals surface area contributed by atoms with E-state index < -0.39 is 12.2 Å². The first-order valence-corrected chi connectivity index (χ1v) is 8.56. The zero-order chi connectivity index (χ0) is 18.5. The smallest absolute Gasteiger partial charge is 0.126 e. The lowest BCUT2D eigenvalue weighted by Crippen LogP contribution is -2.39. The second-order valence-electron chi connectivity index (χ2n) is 6.22. The van der Waals surface area contributed by atoms with Crippen LogP contribution in [-0.4, -0.2) is 43.2 Å². The van der Waals surface area contributed by atoms with Crippen molar-refractivity contribution >= 4 is 6.08 Å². The van der Waals surface area contributed by atoms with Gasteiger partial charge in [0.05, 0.1) is 33.5 Å². The third-order valence-electron chi connectivity index (χ3n) is 4.64. The Hall–Kier alpha value is -2.34. The highest BCUT2D eigenvalue weighted by Crippen LogP contribution is 2.42. The maximum absolute atomic E-state index is 10.3. The number of rotatable bonds is 6. The van der Waals surface area contributed by atoms with Gasteiger partial charge in [0.1, 0.15) is 17.6 Å². The Bertz CT molecular complexity index is 739. The van der Waals surface area contributed by atoms with Crippen LogP contribution in [0.15, 0.2) is 48.5 Å². The summed E-state index contributed by atoms with van der Waals surface area (Å²) >= 11 is 0. The number of ether oxygens (including phenoxy) is 3. The zero-order valence-corrected chi connectivity index (χ0v) is 15.0. The van der Waals surface area contributed by atoms with Crippen LogP contribution in [0, 0.1) is 0 Å². The summed E-state index contributed by atoms with van der Waals surface area (Å²) in [7, 11) is 3.22. The molecule has 0 aliphatic carbocycles. The average molecular weight is 356 g/mol. The van der Waals surface area contributed by atoms with E-state index in [1.165, 1.54) is 0 Å². The molecule has 0 amide bonds. The van der Waals surface area contributed by atoms with Gasteiger partial charge in [-0.3, -0.25) is 0 Å². The lowest BCUT2D eigenvalue weighted by atomic mass is 9.83. The highest BCUT2D eigenvalue weighted by Gasteiger charge is 2.36. The summed E-state index contributed by atoms with van der Waals surface area (Å²) in [6, 6.07) is 13.7. The fourth-order valence-corrected chi connectivity index (χ4v) is 3.33. The lowest BCUT2D eigenvalue weighted by Gasteiger charge is -2.35. The Balaban J connectivity index is 2.06. The van der Waals surface area contributed by atoms with Crippen molar-refractivity contribution in [2.45, 2.75) is 24.7 Å². The Kier molecular flexibility index (Phi) is 5.93. The lowest BCUT2D eigenvalue weighted by molar-refractivity contribution is -0.0790. The molecule has 0 bridgehead atoms. The van der Waals surface area contributed by atoms with E-state index in [4.69, 9.17) is 14.2 Å². The molecule has 1 aliphatic heterocycles. The van der Waals surface area contributed by atoms with Gasteiger partial charge in [-0.25, -0.2) is 0 Å². The Morgan fingerprint density at radius 2 is 1.96 bits per heavy atom. The van der Waals surface area contributed by atoms with E-state index in [9.17, 15) is 10.2 Å². The molecule has 1 heterocycles. The Labute approximate surface area is 153 Å². The molecule has 2 N–H and O–H groups in total.